The Bertz CT molecular complexity index is 439. The highest BCUT2D eigenvalue weighted by Gasteiger charge is 2.49. The van der Waals surface area contributed by atoms with Gasteiger partial charge in [-0.15, -0.1) is 10.2 Å². The summed E-state index contributed by atoms with van der Waals surface area (Å²) in [6.45, 7) is 7.11. The summed E-state index contributed by atoms with van der Waals surface area (Å²) < 4.78 is 5.69. The maximum atomic E-state index is 5.99. The zero-order chi connectivity index (χ0) is 13.3. The fraction of sp³-hybridized carbons (Fsp3) is 0.667. The van der Waals surface area contributed by atoms with Crippen LogP contribution in [0.1, 0.15) is 27.2 Å². The SMILES string of the molecule is CCOC1CC(Nc2cc(Cl)nnc2Cl)C1(C)C. The van der Waals surface area contributed by atoms with Gasteiger partial charge in [-0.2, -0.15) is 0 Å². The second-order valence-electron chi connectivity index (χ2n) is 5.07. The molecule has 18 heavy (non-hydrogen) atoms. The van der Waals surface area contributed by atoms with Gasteiger partial charge in [-0.1, -0.05) is 37.0 Å². The van der Waals surface area contributed by atoms with E-state index in [1.165, 1.54) is 0 Å². The summed E-state index contributed by atoms with van der Waals surface area (Å²) in [4.78, 5) is 0. The smallest absolute Gasteiger partial charge is 0.174 e. The van der Waals surface area contributed by atoms with Gasteiger partial charge in [-0.05, 0) is 13.3 Å². The molecule has 1 heterocycles. The molecule has 0 bridgehead atoms. The van der Waals surface area contributed by atoms with Crippen molar-refractivity contribution >= 4 is 28.9 Å². The number of hydrogen-bond acceptors (Lipinski definition) is 4. The highest BCUT2D eigenvalue weighted by molar-refractivity contribution is 6.33. The molecule has 0 radical (unpaired) electrons. The molecule has 6 heteroatoms. The Labute approximate surface area is 117 Å². The van der Waals surface area contributed by atoms with Crippen molar-refractivity contribution in [3.63, 3.8) is 0 Å². The van der Waals surface area contributed by atoms with Gasteiger partial charge in [0, 0.05) is 24.1 Å². The van der Waals surface area contributed by atoms with Crippen LogP contribution in [0.2, 0.25) is 10.3 Å². The normalized spacial score (nSPS) is 25.6. The lowest BCUT2D eigenvalue weighted by Gasteiger charge is -2.52. The zero-order valence-electron chi connectivity index (χ0n) is 10.7. The summed E-state index contributed by atoms with van der Waals surface area (Å²) in [5, 5.41) is 11.5. The van der Waals surface area contributed by atoms with Crippen molar-refractivity contribution in [1.29, 1.82) is 0 Å². The van der Waals surface area contributed by atoms with Crippen LogP contribution in [-0.2, 0) is 4.74 Å². The van der Waals surface area contributed by atoms with Gasteiger partial charge >= 0.3 is 0 Å². The van der Waals surface area contributed by atoms with Crippen LogP contribution in [0, 0.1) is 5.41 Å². The van der Waals surface area contributed by atoms with Crippen molar-refractivity contribution < 1.29 is 4.74 Å². The summed E-state index contributed by atoms with van der Waals surface area (Å²) in [6.07, 6.45) is 1.24. The summed E-state index contributed by atoms with van der Waals surface area (Å²) in [6, 6.07) is 1.99. The molecule has 100 valence electrons. The van der Waals surface area contributed by atoms with Crippen molar-refractivity contribution in [2.45, 2.75) is 39.3 Å². The molecule has 1 aromatic rings. The minimum atomic E-state index is 0.0646. The Balaban J connectivity index is 2.05. The van der Waals surface area contributed by atoms with Crippen LogP contribution < -0.4 is 5.32 Å². The number of anilines is 1. The molecule has 1 aliphatic carbocycles. The number of ether oxygens (including phenoxy) is 1. The average Bonchev–Trinajstić information content (AvgIpc) is 2.32. The van der Waals surface area contributed by atoms with Crippen LogP contribution in [0.4, 0.5) is 5.69 Å². The van der Waals surface area contributed by atoms with Gasteiger partial charge in [0.15, 0.2) is 10.3 Å². The molecular weight excluding hydrogens is 273 g/mol. The third-order valence-corrected chi connectivity index (χ3v) is 4.06. The van der Waals surface area contributed by atoms with Crippen LogP contribution in [0.25, 0.3) is 0 Å². The molecule has 0 aliphatic heterocycles. The van der Waals surface area contributed by atoms with Crippen LogP contribution >= 0.6 is 23.2 Å². The zero-order valence-corrected chi connectivity index (χ0v) is 12.2. The lowest BCUT2D eigenvalue weighted by atomic mass is 9.64. The van der Waals surface area contributed by atoms with Gasteiger partial charge in [0.25, 0.3) is 0 Å². The maximum Gasteiger partial charge on any atom is 0.174 e. The Hall–Kier alpha value is -0.580. The molecule has 0 aromatic carbocycles. The van der Waals surface area contributed by atoms with Crippen molar-refractivity contribution in [2.24, 2.45) is 5.41 Å². The highest BCUT2D eigenvalue weighted by Crippen LogP contribution is 2.44. The number of aromatic nitrogens is 2. The standard InChI is InChI=1S/C12H17Cl2N3O/c1-4-18-9-6-8(12(9,2)3)15-7-5-10(13)16-17-11(7)14/h5,8-9H,4,6H2,1-3H3,(H,15,16). The molecule has 0 saturated heterocycles. The van der Waals surface area contributed by atoms with E-state index in [9.17, 15) is 0 Å². The quantitative estimate of drug-likeness (QED) is 0.923. The Morgan fingerprint density at radius 3 is 2.78 bits per heavy atom. The molecular formula is C12H17Cl2N3O. The first-order valence-corrected chi connectivity index (χ1v) is 6.77. The van der Waals surface area contributed by atoms with E-state index in [4.69, 9.17) is 27.9 Å². The summed E-state index contributed by atoms with van der Waals surface area (Å²) >= 11 is 11.8. The predicted octanol–water partition coefficient (Wildman–Crippen LogP) is 3.40. The summed E-state index contributed by atoms with van der Waals surface area (Å²) in [7, 11) is 0. The van der Waals surface area contributed by atoms with Gasteiger partial charge in [0.05, 0.1) is 11.8 Å². The van der Waals surface area contributed by atoms with Crippen LogP contribution in [0.5, 0.6) is 0 Å². The summed E-state index contributed by atoms with van der Waals surface area (Å²) in [5.41, 5.74) is 0.791. The van der Waals surface area contributed by atoms with Crippen molar-refractivity contribution in [3.8, 4) is 0 Å². The van der Waals surface area contributed by atoms with E-state index in [2.05, 4.69) is 29.4 Å². The van der Waals surface area contributed by atoms with Gasteiger partial charge in [-0.3, -0.25) is 0 Å². The van der Waals surface area contributed by atoms with Gasteiger partial charge < -0.3 is 10.1 Å². The maximum absolute atomic E-state index is 5.99. The Kier molecular flexibility index (Phi) is 3.99. The van der Waals surface area contributed by atoms with Crippen LogP contribution in [0.3, 0.4) is 0 Å². The molecule has 1 aromatic heterocycles. The first kappa shape index (κ1) is 13.8. The third kappa shape index (κ3) is 2.56. The van der Waals surface area contributed by atoms with E-state index < -0.39 is 0 Å². The first-order valence-electron chi connectivity index (χ1n) is 6.02. The van der Waals surface area contributed by atoms with Crippen LogP contribution in [-0.4, -0.2) is 29.0 Å². The lowest BCUT2D eigenvalue weighted by molar-refractivity contribution is -0.0976. The molecule has 0 amide bonds. The monoisotopic (exact) mass is 289 g/mol. The lowest BCUT2D eigenvalue weighted by Crippen LogP contribution is -2.58. The number of rotatable bonds is 4. The molecule has 2 unspecified atom stereocenters. The van der Waals surface area contributed by atoms with Gasteiger partial charge in [0.1, 0.15) is 0 Å². The average molecular weight is 290 g/mol. The Morgan fingerprint density at radius 1 is 1.44 bits per heavy atom. The molecule has 1 N–H and O–H groups in total. The van der Waals surface area contributed by atoms with E-state index in [1.807, 2.05) is 6.92 Å². The van der Waals surface area contributed by atoms with Crippen molar-refractivity contribution in [1.82, 2.24) is 10.2 Å². The molecule has 1 fully saturated rings. The van der Waals surface area contributed by atoms with Gasteiger partial charge in [-0.25, -0.2) is 0 Å². The fourth-order valence-electron chi connectivity index (χ4n) is 2.26. The fourth-order valence-corrected chi connectivity index (χ4v) is 2.55. The van der Waals surface area contributed by atoms with E-state index in [0.29, 0.717) is 16.3 Å². The van der Waals surface area contributed by atoms with E-state index in [0.717, 1.165) is 18.7 Å². The van der Waals surface area contributed by atoms with E-state index in [-0.39, 0.29) is 11.5 Å². The van der Waals surface area contributed by atoms with Crippen LogP contribution in [0.15, 0.2) is 6.07 Å². The minimum absolute atomic E-state index is 0.0646. The van der Waals surface area contributed by atoms with Crippen molar-refractivity contribution in [2.75, 3.05) is 11.9 Å². The molecule has 2 rings (SSSR count). The molecule has 4 nitrogen and oxygen atoms in total. The number of nitrogens with zero attached hydrogens (tertiary/aromatic N) is 2. The minimum Gasteiger partial charge on any atom is -0.379 e. The van der Waals surface area contributed by atoms with E-state index >= 15 is 0 Å². The van der Waals surface area contributed by atoms with E-state index in [1.54, 1.807) is 6.07 Å². The highest BCUT2D eigenvalue weighted by atomic mass is 35.5. The Morgan fingerprint density at radius 2 is 2.17 bits per heavy atom. The predicted molar refractivity (Wildman–Crippen MR) is 73.3 cm³/mol. The molecule has 0 spiro atoms. The number of halogens is 2. The molecule has 1 aliphatic rings. The van der Waals surface area contributed by atoms with Crippen molar-refractivity contribution in [3.05, 3.63) is 16.4 Å². The largest absolute Gasteiger partial charge is 0.379 e. The van der Waals surface area contributed by atoms with Gasteiger partial charge in [0.2, 0.25) is 0 Å². The molecule has 1 saturated carbocycles. The molecule has 2 atom stereocenters. The first-order chi connectivity index (χ1) is 8.45. The third-order valence-electron chi connectivity index (χ3n) is 3.59. The number of nitrogens with one attached hydrogen (secondary N) is 1. The topological polar surface area (TPSA) is 47.0 Å². The number of hydrogen-bond donors (Lipinski definition) is 1. The second kappa shape index (κ2) is 5.19. The summed E-state index contributed by atoms with van der Waals surface area (Å²) in [5.74, 6) is 0. The second-order valence-corrected chi connectivity index (χ2v) is 5.81.